The van der Waals surface area contributed by atoms with Crippen LogP contribution in [-0.2, 0) is 6.61 Å². The highest BCUT2D eigenvalue weighted by molar-refractivity contribution is 9.11. The predicted octanol–water partition coefficient (Wildman–Crippen LogP) is 6.59. The van der Waals surface area contributed by atoms with E-state index in [-0.39, 0.29) is 18.0 Å². The van der Waals surface area contributed by atoms with Crippen molar-refractivity contribution in [1.29, 1.82) is 0 Å². The van der Waals surface area contributed by atoms with Gasteiger partial charge in [-0.25, -0.2) is 9.37 Å². The molecule has 0 radical (unpaired) electrons. The Morgan fingerprint density at radius 2 is 1.84 bits per heavy atom. The van der Waals surface area contributed by atoms with Crippen molar-refractivity contribution in [3.63, 3.8) is 0 Å². The van der Waals surface area contributed by atoms with Crippen molar-refractivity contribution in [3.8, 4) is 5.75 Å². The molecule has 0 N–H and O–H groups in total. The van der Waals surface area contributed by atoms with Gasteiger partial charge in [-0.1, -0.05) is 28.1 Å². The minimum absolute atomic E-state index is 0.218. The second kappa shape index (κ2) is 9.64. The number of fused-ring (bicyclic) bond motifs is 1. The van der Waals surface area contributed by atoms with Crippen LogP contribution in [-0.4, -0.2) is 15.9 Å². The number of nitrogens with zero attached hydrogens (tertiary/aromatic N) is 3. The maximum absolute atomic E-state index is 13.4. The van der Waals surface area contributed by atoms with E-state index >= 15 is 0 Å². The van der Waals surface area contributed by atoms with Crippen molar-refractivity contribution >= 4 is 64.9 Å². The third-order valence-corrected chi connectivity index (χ3v) is 6.26. The van der Waals surface area contributed by atoms with Gasteiger partial charge in [-0.15, -0.1) is 0 Å². The molecule has 0 aliphatic heterocycles. The van der Waals surface area contributed by atoms with E-state index in [9.17, 15) is 9.18 Å². The third-order valence-electron chi connectivity index (χ3n) is 4.59. The minimum Gasteiger partial charge on any atom is -0.487 e. The number of benzene rings is 3. The summed E-state index contributed by atoms with van der Waals surface area (Å²) < 4.78 is 22.7. The minimum atomic E-state index is -0.308. The quantitative estimate of drug-likeness (QED) is 0.236. The topological polar surface area (TPSA) is 56.5 Å². The van der Waals surface area contributed by atoms with Crippen LogP contribution in [0.4, 0.5) is 4.39 Å². The van der Waals surface area contributed by atoms with Gasteiger partial charge in [0.1, 0.15) is 24.0 Å². The fourth-order valence-corrected chi connectivity index (χ4v) is 4.91. The molecule has 0 amide bonds. The van der Waals surface area contributed by atoms with Gasteiger partial charge in [0, 0.05) is 4.47 Å². The van der Waals surface area contributed by atoms with E-state index < -0.39 is 0 Å². The molecule has 0 bridgehead atoms. The van der Waals surface area contributed by atoms with Crippen molar-refractivity contribution in [2.75, 3.05) is 0 Å². The van der Waals surface area contributed by atoms with Gasteiger partial charge < -0.3 is 4.74 Å². The number of hydrogen-bond acceptors (Lipinski definition) is 4. The summed E-state index contributed by atoms with van der Waals surface area (Å²) in [4.78, 5) is 17.3. The van der Waals surface area contributed by atoms with Crippen LogP contribution in [0.25, 0.3) is 10.9 Å². The monoisotopic (exact) mass is 621 g/mol. The number of ether oxygens (including phenoxy) is 1. The van der Waals surface area contributed by atoms with Crippen LogP contribution in [0.1, 0.15) is 17.0 Å². The third kappa shape index (κ3) is 5.00. The highest BCUT2D eigenvalue weighted by Crippen LogP contribution is 2.35. The molecule has 0 spiro atoms. The molecule has 1 aromatic heterocycles. The molecule has 4 rings (SSSR count). The first-order valence-corrected chi connectivity index (χ1v) is 11.8. The summed E-state index contributed by atoms with van der Waals surface area (Å²) in [5.41, 5.74) is 1.83. The summed E-state index contributed by atoms with van der Waals surface area (Å²) in [6.45, 7) is 1.95. The molecule has 0 atom stereocenters. The molecule has 4 aromatic rings. The standard InChI is InChI=1S/C23H15Br3FN3O2/c1-13-29-21-6-5-16(24)10-18(21)23(31)30(13)28-11-15-8-19(25)22(20(26)9-15)32-12-14-3-2-4-17(27)7-14/h2-11H,12H2,1H3. The summed E-state index contributed by atoms with van der Waals surface area (Å²) in [5, 5.41) is 4.83. The number of aromatic nitrogens is 2. The van der Waals surface area contributed by atoms with Crippen LogP contribution in [0.15, 0.2) is 77.9 Å². The van der Waals surface area contributed by atoms with Crippen LogP contribution in [0, 0.1) is 12.7 Å². The normalized spacial score (nSPS) is 11.4. The van der Waals surface area contributed by atoms with Crippen molar-refractivity contribution in [2.24, 2.45) is 5.10 Å². The highest BCUT2D eigenvalue weighted by Gasteiger charge is 2.11. The molecule has 5 nitrogen and oxygen atoms in total. The molecule has 3 aromatic carbocycles. The van der Waals surface area contributed by atoms with Crippen molar-refractivity contribution in [1.82, 2.24) is 9.66 Å². The molecule has 0 aliphatic carbocycles. The lowest BCUT2D eigenvalue weighted by molar-refractivity contribution is 0.301. The van der Waals surface area contributed by atoms with Gasteiger partial charge in [0.2, 0.25) is 0 Å². The maximum atomic E-state index is 13.4. The van der Waals surface area contributed by atoms with E-state index in [1.807, 2.05) is 18.2 Å². The molecule has 0 saturated heterocycles. The lowest BCUT2D eigenvalue weighted by Gasteiger charge is -2.11. The van der Waals surface area contributed by atoms with E-state index in [1.165, 1.54) is 16.8 Å². The first-order chi connectivity index (χ1) is 15.3. The molecule has 162 valence electrons. The smallest absolute Gasteiger partial charge is 0.282 e. The zero-order valence-corrected chi connectivity index (χ0v) is 21.4. The van der Waals surface area contributed by atoms with Gasteiger partial charge in [0.25, 0.3) is 5.56 Å². The molecule has 1 heterocycles. The summed E-state index contributed by atoms with van der Waals surface area (Å²) in [7, 11) is 0. The molecular weight excluding hydrogens is 609 g/mol. The average molecular weight is 624 g/mol. The Morgan fingerprint density at radius 3 is 2.56 bits per heavy atom. The predicted molar refractivity (Wildman–Crippen MR) is 134 cm³/mol. The Bertz CT molecular complexity index is 1400. The number of hydrogen-bond donors (Lipinski definition) is 0. The summed E-state index contributed by atoms with van der Waals surface area (Å²) in [5.74, 6) is 0.753. The number of aryl methyl sites for hydroxylation is 1. The molecular formula is C23H15Br3FN3O2. The molecule has 32 heavy (non-hydrogen) atoms. The van der Waals surface area contributed by atoms with Crippen molar-refractivity contribution in [2.45, 2.75) is 13.5 Å². The lowest BCUT2D eigenvalue weighted by Crippen LogP contribution is -2.20. The Kier molecular flexibility index (Phi) is 6.88. The maximum Gasteiger partial charge on any atom is 0.282 e. The summed E-state index contributed by atoms with van der Waals surface area (Å²) >= 11 is 10.4. The molecule has 0 unspecified atom stereocenters. The van der Waals surface area contributed by atoms with Gasteiger partial charge >= 0.3 is 0 Å². The first kappa shape index (κ1) is 22.8. The number of rotatable bonds is 5. The summed E-state index contributed by atoms with van der Waals surface area (Å²) in [6, 6.07) is 15.3. The SMILES string of the molecule is Cc1nc2ccc(Br)cc2c(=O)n1N=Cc1cc(Br)c(OCc2cccc(F)c2)c(Br)c1. The Balaban J connectivity index is 1.61. The van der Waals surface area contributed by atoms with Crippen molar-refractivity contribution in [3.05, 3.63) is 101 Å². The van der Waals surface area contributed by atoms with Gasteiger partial charge in [-0.2, -0.15) is 9.78 Å². The fraction of sp³-hybridized carbons (Fsp3) is 0.0870. The fourth-order valence-electron chi connectivity index (χ4n) is 3.09. The largest absolute Gasteiger partial charge is 0.487 e. The van der Waals surface area contributed by atoms with E-state index in [0.29, 0.717) is 31.4 Å². The molecule has 0 saturated carbocycles. The highest BCUT2D eigenvalue weighted by atomic mass is 79.9. The van der Waals surface area contributed by atoms with Gasteiger partial charge in [-0.05, 0) is 92.4 Å². The van der Waals surface area contributed by atoms with Crippen LogP contribution >= 0.6 is 47.8 Å². The van der Waals surface area contributed by atoms with E-state index in [2.05, 4.69) is 57.9 Å². The van der Waals surface area contributed by atoms with E-state index in [4.69, 9.17) is 4.74 Å². The number of halogens is 4. The zero-order valence-electron chi connectivity index (χ0n) is 16.7. The van der Waals surface area contributed by atoms with Gasteiger partial charge in [-0.3, -0.25) is 4.79 Å². The van der Waals surface area contributed by atoms with Gasteiger partial charge in [0.05, 0.1) is 26.1 Å². The summed E-state index contributed by atoms with van der Waals surface area (Å²) in [6.07, 6.45) is 1.58. The van der Waals surface area contributed by atoms with Crippen LogP contribution < -0.4 is 10.3 Å². The molecule has 0 fully saturated rings. The lowest BCUT2D eigenvalue weighted by atomic mass is 10.2. The average Bonchev–Trinajstić information content (AvgIpc) is 2.74. The second-order valence-corrected chi connectivity index (χ2v) is 9.54. The van der Waals surface area contributed by atoms with Crippen LogP contribution in [0.2, 0.25) is 0 Å². The Labute approximate surface area is 208 Å². The Hall–Kier alpha value is -2.36. The zero-order chi connectivity index (χ0) is 22.8. The van der Waals surface area contributed by atoms with E-state index in [0.717, 1.165) is 15.6 Å². The van der Waals surface area contributed by atoms with Crippen molar-refractivity contribution < 1.29 is 9.13 Å². The van der Waals surface area contributed by atoms with Crippen LogP contribution in [0.3, 0.4) is 0 Å². The molecule has 0 aliphatic rings. The first-order valence-electron chi connectivity index (χ1n) is 9.41. The van der Waals surface area contributed by atoms with Crippen LogP contribution in [0.5, 0.6) is 5.75 Å². The second-order valence-electron chi connectivity index (χ2n) is 6.91. The van der Waals surface area contributed by atoms with E-state index in [1.54, 1.807) is 37.4 Å². The van der Waals surface area contributed by atoms with Gasteiger partial charge in [0.15, 0.2) is 0 Å². The molecule has 9 heteroatoms. The Morgan fingerprint density at radius 1 is 1.09 bits per heavy atom.